The number of nitrogens with zero attached hydrogens (tertiary/aromatic N) is 2. The molecule has 1 aromatic heterocycles. The molecule has 4 nitrogen and oxygen atoms in total. The number of aliphatic hydroxyl groups excluding tert-OH is 1. The van der Waals surface area contributed by atoms with E-state index in [1.54, 1.807) is 0 Å². The van der Waals surface area contributed by atoms with Crippen molar-refractivity contribution in [2.75, 3.05) is 0 Å². The highest BCUT2D eigenvalue weighted by atomic mass is 79.9. The summed E-state index contributed by atoms with van der Waals surface area (Å²) in [4.78, 5) is 4.15. The number of rotatable bonds is 3. The van der Waals surface area contributed by atoms with Gasteiger partial charge in [-0.1, -0.05) is 24.2 Å². The molecule has 0 aliphatic carbocycles. The standard InChI is InChI=1S/C11H11BrN2O2/c1-2-9(15)10-13-11(16-14-10)7-5-3-4-6-8(7)12/h3-6,9,15H,2H2,1H3. The van der Waals surface area contributed by atoms with Crippen LogP contribution in [0.1, 0.15) is 25.3 Å². The van der Waals surface area contributed by atoms with E-state index in [0.717, 1.165) is 10.0 Å². The molecule has 0 saturated heterocycles. The van der Waals surface area contributed by atoms with Crippen molar-refractivity contribution in [1.29, 1.82) is 0 Å². The zero-order valence-corrected chi connectivity index (χ0v) is 10.3. The van der Waals surface area contributed by atoms with Gasteiger partial charge in [0.1, 0.15) is 6.10 Å². The zero-order valence-electron chi connectivity index (χ0n) is 8.72. The average molecular weight is 283 g/mol. The third-order valence-electron chi connectivity index (χ3n) is 2.23. The maximum Gasteiger partial charge on any atom is 0.259 e. The molecular formula is C11H11BrN2O2. The average Bonchev–Trinajstić information content (AvgIpc) is 2.78. The lowest BCUT2D eigenvalue weighted by atomic mass is 10.2. The predicted octanol–water partition coefficient (Wildman–Crippen LogP) is 2.94. The second-order valence-corrected chi connectivity index (χ2v) is 4.22. The number of hydrogen-bond donors (Lipinski definition) is 1. The molecule has 1 N–H and O–H groups in total. The van der Waals surface area contributed by atoms with Crippen molar-refractivity contribution in [2.45, 2.75) is 19.4 Å². The molecule has 0 fully saturated rings. The van der Waals surface area contributed by atoms with Crippen LogP contribution < -0.4 is 0 Å². The van der Waals surface area contributed by atoms with Crippen molar-refractivity contribution < 1.29 is 9.63 Å². The van der Waals surface area contributed by atoms with Crippen LogP contribution in [-0.2, 0) is 0 Å². The van der Waals surface area contributed by atoms with Crippen LogP contribution in [0, 0.1) is 0 Å². The summed E-state index contributed by atoms with van der Waals surface area (Å²) in [6.07, 6.45) is -0.102. The molecule has 84 valence electrons. The molecule has 2 aromatic rings. The van der Waals surface area contributed by atoms with Gasteiger partial charge in [-0.05, 0) is 34.5 Å². The zero-order chi connectivity index (χ0) is 11.5. The van der Waals surface area contributed by atoms with Crippen molar-refractivity contribution in [2.24, 2.45) is 0 Å². The highest BCUT2D eigenvalue weighted by molar-refractivity contribution is 9.10. The molecule has 0 radical (unpaired) electrons. The minimum absolute atomic E-state index is 0.327. The second-order valence-electron chi connectivity index (χ2n) is 3.36. The Labute approximate surface area is 101 Å². The maximum absolute atomic E-state index is 9.56. The number of aliphatic hydroxyl groups is 1. The molecule has 0 aliphatic rings. The van der Waals surface area contributed by atoms with Gasteiger partial charge in [-0.3, -0.25) is 0 Å². The van der Waals surface area contributed by atoms with Gasteiger partial charge in [-0.25, -0.2) is 0 Å². The molecule has 0 spiro atoms. The second kappa shape index (κ2) is 4.76. The topological polar surface area (TPSA) is 59.2 Å². The summed E-state index contributed by atoms with van der Waals surface area (Å²) in [5, 5.41) is 13.3. The van der Waals surface area contributed by atoms with Gasteiger partial charge in [-0.2, -0.15) is 4.98 Å². The van der Waals surface area contributed by atoms with E-state index in [2.05, 4.69) is 26.1 Å². The fourth-order valence-corrected chi connectivity index (χ4v) is 1.75. The Morgan fingerprint density at radius 2 is 2.19 bits per heavy atom. The fourth-order valence-electron chi connectivity index (χ4n) is 1.30. The van der Waals surface area contributed by atoms with Crippen molar-refractivity contribution >= 4 is 15.9 Å². The van der Waals surface area contributed by atoms with Gasteiger partial charge in [0.05, 0.1) is 5.56 Å². The van der Waals surface area contributed by atoms with Crippen molar-refractivity contribution in [3.8, 4) is 11.5 Å². The summed E-state index contributed by atoms with van der Waals surface area (Å²) in [7, 11) is 0. The van der Waals surface area contributed by atoms with Crippen LogP contribution in [0.5, 0.6) is 0 Å². The first kappa shape index (κ1) is 11.3. The molecule has 0 aliphatic heterocycles. The third-order valence-corrected chi connectivity index (χ3v) is 2.92. The first-order valence-electron chi connectivity index (χ1n) is 4.99. The SMILES string of the molecule is CCC(O)c1noc(-c2ccccc2Br)n1. The molecular weight excluding hydrogens is 272 g/mol. The van der Waals surface area contributed by atoms with Crippen LogP contribution in [0.25, 0.3) is 11.5 Å². The molecule has 1 unspecified atom stereocenters. The lowest BCUT2D eigenvalue weighted by Crippen LogP contribution is -1.97. The summed E-state index contributed by atoms with van der Waals surface area (Å²) in [6, 6.07) is 7.57. The molecule has 16 heavy (non-hydrogen) atoms. The summed E-state index contributed by atoms with van der Waals surface area (Å²) < 4.78 is 5.99. The highest BCUT2D eigenvalue weighted by Gasteiger charge is 2.15. The lowest BCUT2D eigenvalue weighted by Gasteiger charge is -1.99. The van der Waals surface area contributed by atoms with Gasteiger partial charge in [-0.15, -0.1) is 0 Å². The lowest BCUT2D eigenvalue weighted by molar-refractivity contribution is 0.159. The monoisotopic (exact) mass is 282 g/mol. The van der Waals surface area contributed by atoms with Crippen molar-refractivity contribution in [1.82, 2.24) is 10.1 Å². The minimum Gasteiger partial charge on any atom is -0.385 e. The van der Waals surface area contributed by atoms with Crippen LogP contribution in [-0.4, -0.2) is 15.2 Å². The molecule has 1 heterocycles. The largest absolute Gasteiger partial charge is 0.385 e. The first-order chi connectivity index (χ1) is 7.72. The van der Waals surface area contributed by atoms with Gasteiger partial charge in [0.15, 0.2) is 0 Å². The quantitative estimate of drug-likeness (QED) is 0.940. The summed E-state index contributed by atoms with van der Waals surface area (Å²) in [5.41, 5.74) is 0.824. The fraction of sp³-hybridized carbons (Fsp3) is 0.273. The van der Waals surface area contributed by atoms with Crippen molar-refractivity contribution in [3.05, 3.63) is 34.6 Å². The van der Waals surface area contributed by atoms with E-state index in [-0.39, 0.29) is 0 Å². The van der Waals surface area contributed by atoms with Gasteiger partial charge < -0.3 is 9.63 Å². The number of halogens is 1. The van der Waals surface area contributed by atoms with E-state index in [1.807, 2.05) is 31.2 Å². The Bertz CT molecular complexity index is 484. The van der Waals surface area contributed by atoms with E-state index in [4.69, 9.17) is 4.52 Å². The minimum atomic E-state index is -0.667. The highest BCUT2D eigenvalue weighted by Crippen LogP contribution is 2.27. The number of benzene rings is 1. The predicted molar refractivity (Wildman–Crippen MR) is 62.7 cm³/mol. The summed E-state index contributed by atoms with van der Waals surface area (Å²) >= 11 is 3.41. The Kier molecular flexibility index (Phi) is 3.36. The van der Waals surface area contributed by atoms with E-state index in [1.165, 1.54) is 0 Å². The van der Waals surface area contributed by atoms with E-state index < -0.39 is 6.10 Å². The molecule has 0 saturated carbocycles. The molecule has 2 rings (SSSR count). The van der Waals surface area contributed by atoms with E-state index >= 15 is 0 Å². The Hall–Kier alpha value is -1.20. The molecule has 1 atom stereocenters. The normalized spacial score (nSPS) is 12.7. The van der Waals surface area contributed by atoms with Gasteiger partial charge >= 0.3 is 0 Å². The van der Waals surface area contributed by atoms with E-state index in [9.17, 15) is 5.11 Å². The summed E-state index contributed by atoms with van der Waals surface area (Å²) in [6.45, 7) is 1.86. The maximum atomic E-state index is 9.56. The molecule has 0 bridgehead atoms. The van der Waals surface area contributed by atoms with Gasteiger partial charge in [0.25, 0.3) is 5.89 Å². The number of hydrogen-bond acceptors (Lipinski definition) is 4. The number of aromatic nitrogens is 2. The van der Waals surface area contributed by atoms with Crippen LogP contribution in [0.15, 0.2) is 33.3 Å². The Morgan fingerprint density at radius 1 is 1.44 bits per heavy atom. The van der Waals surface area contributed by atoms with E-state index in [0.29, 0.717) is 18.1 Å². The van der Waals surface area contributed by atoms with Crippen LogP contribution >= 0.6 is 15.9 Å². The third kappa shape index (κ3) is 2.15. The van der Waals surface area contributed by atoms with Crippen LogP contribution in [0.4, 0.5) is 0 Å². The Morgan fingerprint density at radius 3 is 2.88 bits per heavy atom. The van der Waals surface area contributed by atoms with Gasteiger partial charge in [0, 0.05) is 4.47 Å². The molecule has 5 heteroatoms. The smallest absolute Gasteiger partial charge is 0.259 e. The molecule has 1 aromatic carbocycles. The van der Waals surface area contributed by atoms with Crippen molar-refractivity contribution in [3.63, 3.8) is 0 Å². The van der Waals surface area contributed by atoms with Crippen LogP contribution in [0.2, 0.25) is 0 Å². The molecule has 0 amide bonds. The van der Waals surface area contributed by atoms with Gasteiger partial charge in [0.2, 0.25) is 5.82 Å². The first-order valence-corrected chi connectivity index (χ1v) is 5.78. The van der Waals surface area contributed by atoms with Crippen LogP contribution in [0.3, 0.4) is 0 Å². The summed E-state index contributed by atoms with van der Waals surface area (Å²) in [5.74, 6) is 0.739. The Balaban J connectivity index is 2.35.